The summed E-state index contributed by atoms with van der Waals surface area (Å²) in [7, 11) is -1.82. The van der Waals surface area contributed by atoms with Crippen LogP contribution >= 0.6 is 11.3 Å². The van der Waals surface area contributed by atoms with Crippen LogP contribution in [0.3, 0.4) is 0 Å². The number of fused-ring (bicyclic) bond motifs is 1. The van der Waals surface area contributed by atoms with Crippen LogP contribution in [-0.4, -0.2) is 30.3 Å². The highest BCUT2D eigenvalue weighted by Crippen LogP contribution is 2.31. The zero-order valence-electron chi connectivity index (χ0n) is 16.3. The summed E-state index contributed by atoms with van der Waals surface area (Å²) in [6.45, 7) is 2.40. The Hall–Kier alpha value is -2.79. The Balaban J connectivity index is 1.57. The number of furan rings is 1. The number of benzene rings is 1. The van der Waals surface area contributed by atoms with Crippen molar-refractivity contribution in [3.8, 4) is 11.3 Å². The number of nitrogens with zero attached hydrogens (tertiary/aromatic N) is 2. The fourth-order valence-corrected chi connectivity index (χ4v) is 4.71. The van der Waals surface area contributed by atoms with Crippen molar-refractivity contribution in [2.45, 2.75) is 24.4 Å². The van der Waals surface area contributed by atoms with Gasteiger partial charge in [0.2, 0.25) is 10.0 Å². The Morgan fingerprint density at radius 1 is 1.27 bits per heavy atom. The molecule has 0 unspecified atom stereocenters. The average molecular weight is 445 g/mol. The van der Waals surface area contributed by atoms with Crippen LogP contribution in [0.15, 0.2) is 62.1 Å². The van der Waals surface area contributed by atoms with Crippen LogP contribution < -0.4 is 10.7 Å². The number of thiophene rings is 1. The predicted octanol–water partition coefficient (Wildman–Crippen LogP) is 3.09. The van der Waals surface area contributed by atoms with E-state index in [9.17, 15) is 13.2 Å². The topological polar surface area (TPSA) is 122 Å². The van der Waals surface area contributed by atoms with Crippen molar-refractivity contribution < 1.29 is 12.8 Å². The smallest absolute Gasteiger partial charge is 0.260 e. The van der Waals surface area contributed by atoms with E-state index in [0.717, 1.165) is 11.1 Å². The van der Waals surface area contributed by atoms with Gasteiger partial charge in [0.15, 0.2) is 0 Å². The van der Waals surface area contributed by atoms with Crippen molar-refractivity contribution in [3.63, 3.8) is 0 Å². The highest BCUT2D eigenvalue weighted by atomic mass is 32.2. The summed E-state index contributed by atoms with van der Waals surface area (Å²) in [5, 5.41) is 7.54. The highest BCUT2D eigenvalue weighted by molar-refractivity contribution is 7.89. The van der Waals surface area contributed by atoms with Crippen molar-refractivity contribution in [2.24, 2.45) is 5.14 Å². The van der Waals surface area contributed by atoms with Crippen LogP contribution in [0.25, 0.3) is 21.5 Å². The molecule has 0 fully saturated rings. The minimum Gasteiger partial charge on any atom is -0.464 e. The van der Waals surface area contributed by atoms with E-state index in [-0.39, 0.29) is 16.5 Å². The van der Waals surface area contributed by atoms with E-state index in [1.165, 1.54) is 23.5 Å². The number of nitrogens with one attached hydrogen (secondary N) is 1. The van der Waals surface area contributed by atoms with Gasteiger partial charge in [0, 0.05) is 17.0 Å². The van der Waals surface area contributed by atoms with Crippen LogP contribution in [0.4, 0.5) is 0 Å². The molecule has 0 aliphatic rings. The molecule has 10 heteroatoms. The molecule has 4 rings (SSSR count). The lowest BCUT2D eigenvalue weighted by Gasteiger charge is -2.24. The van der Waals surface area contributed by atoms with Crippen molar-refractivity contribution in [2.75, 3.05) is 7.05 Å². The first-order chi connectivity index (χ1) is 14.2. The lowest BCUT2D eigenvalue weighted by molar-refractivity contribution is 0.247. The number of nitrogens with two attached hydrogens (primary N) is 1. The van der Waals surface area contributed by atoms with E-state index in [0.29, 0.717) is 28.3 Å². The van der Waals surface area contributed by atoms with Crippen LogP contribution in [-0.2, 0) is 16.6 Å². The van der Waals surface area contributed by atoms with Gasteiger partial charge in [-0.05, 0) is 43.8 Å². The van der Waals surface area contributed by atoms with Crippen LogP contribution in [0.1, 0.15) is 24.4 Å². The summed E-state index contributed by atoms with van der Waals surface area (Å²) >= 11 is 1.40. The molecular formula is C20H20N4O4S2. The molecular weight excluding hydrogens is 424 g/mol. The van der Waals surface area contributed by atoms with Crippen molar-refractivity contribution in [1.82, 2.24) is 14.9 Å². The number of hydrogen-bond acceptors (Lipinski definition) is 7. The Kier molecular flexibility index (Phi) is 5.33. The molecule has 3 aromatic heterocycles. The third kappa shape index (κ3) is 3.94. The van der Waals surface area contributed by atoms with Crippen molar-refractivity contribution >= 4 is 31.6 Å². The summed E-state index contributed by atoms with van der Waals surface area (Å²) in [6.07, 6.45) is 1.57. The lowest BCUT2D eigenvalue weighted by Crippen LogP contribution is -2.25. The summed E-state index contributed by atoms with van der Waals surface area (Å²) in [5.41, 5.74) is 1.45. The highest BCUT2D eigenvalue weighted by Gasteiger charge is 2.18. The van der Waals surface area contributed by atoms with E-state index in [1.54, 1.807) is 24.5 Å². The molecule has 8 nitrogen and oxygen atoms in total. The predicted molar refractivity (Wildman–Crippen MR) is 116 cm³/mol. The molecule has 0 amide bonds. The third-order valence-corrected chi connectivity index (χ3v) is 6.83. The van der Waals surface area contributed by atoms with Gasteiger partial charge in [0.25, 0.3) is 5.56 Å². The number of aromatic amines is 1. The Labute approximate surface area is 177 Å². The van der Waals surface area contributed by atoms with E-state index in [2.05, 4.69) is 9.97 Å². The van der Waals surface area contributed by atoms with Gasteiger partial charge in [0.05, 0.1) is 23.1 Å². The molecule has 3 N–H and O–H groups in total. The molecule has 0 aliphatic carbocycles. The molecule has 0 saturated heterocycles. The Bertz CT molecular complexity index is 1340. The second-order valence-electron chi connectivity index (χ2n) is 7.02. The molecule has 0 saturated carbocycles. The molecule has 0 radical (unpaired) electrons. The summed E-state index contributed by atoms with van der Waals surface area (Å²) in [4.78, 5) is 22.9. The van der Waals surface area contributed by atoms with Gasteiger partial charge in [0.1, 0.15) is 16.4 Å². The monoisotopic (exact) mass is 444 g/mol. The largest absolute Gasteiger partial charge is 0.464 e. The van der Waals surface area contributed by atoms with E-state index >= 15 is 0 Å². The maximum absolute atomic E-state index is 12.7. The quantitative estimate of drug-likeness (QED) is 0.471. The maximum atomic E-state index is 12.7. The normalized spacial score (nSPS) is 13.2. The van der Waals surface area contributed by atoms with Crippen molar-refractivity contribution in [3.05, 3.63) is 69.8 Å². The summed E-state index contributed by atoms with van der Waals surface area (Å²) in [5.74, 6) is 1.19. The first-order valence-electron chi connectivity index (χ1n) is 9.11. The number of aromatic nitrogens is 2. The number of H-pyrrole nitrogens is 1. The standard InChI is InChI=1S/C20H20N4O4S2/c1-12(13-5-7-14(8-6-13)30(21,26)27)24(2)10-17-22-19(25)18-15(11-29-20(18)23-17)16-4-3-9-28-16/h3-9,11-12H,10H2,1-2H3,(H2,21,26,27)(H,22,23,25)/t12-/m0/s1. The molecule has 0 aliphatic heterocycles. The molecule has 0 bridgehead atoms. The molecule has 1 aromatic carbocycles. The van der Waals surface area contributed by atoms with Crippen LogP contribution in [0, 0.1) is 0 Å². The Morgan fingerprint density at radius 3 is 2.63 bits per heavy atom. The minimum atomic E-state index is -3.72. The van der Waals surface area contributed by atoms with Gasteiger partial charge < -0.3 is 9.40 Å². The number of hydrogen-bond donors (Lipinski definition) is 2. The molecule has 4 aromatic rings. The van der Waals surface area contributed by atoms with Crippen LogP contribution in [0.2, 0.25) is 0 Å². The first kappa shape index (κ1) is 20.5. The SMILES string of the molecule is C[C@@H](c1ccc(S(N)(=O)=O)cc1)N(C)Cc1nc2scc(-c3ccco3)c2c(=O)[nH]1. The third-order valence-electron chi connectivity index (χ3n) is 5.03. The zero-order chi connectivity index (χ0) is 21.5. The molecule has 1 atom stereocenters. The minimum absolute atomic E-state index is 0.0393. The molecule has 156 valence electrons. The molecule has 3 heterocycles. The zero-order valence-corrected chi connectivity index (χ0v) is 18.0. The van der Waals surface area contributed by atoms with Gasteiger partial charge in [-0.2, -0.15) is 0 Å². The van der Waals surface area contributed by atoms with E-state index < -0.39 is 10.0 Å². The first-order valence-corrected chi connectivity index (χ1v) is 11.5. The van der Waals surface area contributed by atoms with Crippen LogP contribution in [0.5, 0.6) is 0 Å². The number of sulfonamides is 1. The fraction of sp³-hybridized carbons (Fsp3) is 0.200. The van der Waals surface area contributed by atoms with Gasteiger partial charge in [-0.15, -0.1) is 11.3 Å². The summed E-state index contributed by atoms with van der Waals surface area (Å²) < 4.78 is 28.3. The van der Waals surface area contributed by atoms with Gasteiger partial charge in [-0.3, -0.25) is 9.69 Å². The maximum Gasteiger partial charge on any atom is 0.260 e. The molecule has 30 heavy (non-hydrogen) atoms. The van der Waals surface area contributed by atoms with Gasteiger partial charge in [-0.1, -0.05) is 12.1 Å². The number of primary sulfonamides is 1. The number of rotatable bonds is 6. The van der Waals surface area contributed by atoms with Crippen molar-refractivity contribution in [1.29, 1.82) is 0 Å². The van der Waals surface area contributed by atoms with E-state index in [4.69, 9.17) is 9.56 Å². The second-order valence-corrected chi connectivity index (χ2v) is 9.44. The van der Waals surface area contributed by atoms with Gasteiger partial charge in [-0.25, -0.2) is 18.5 Å². The average Bonchev–Trinajstić information content (AvgIpc) is 3.36. The lowest BCUT2D eigenvalue weighted by atomic mass is 10.1. The van der Waals surface area contributed by atoms with Gasteiger partial charge >= 0.3 is 0 Å². The Morgan fingerprint density at radius 2 is 2.00 bits per heavy atom. The second kappa shape index (κ2) is 7.80. The van der Waals surface area contributed by atoms with E-state index in [1.807, 2.05) is 30.3 Å². The summed E-state index contributed by atoms with van der Waals surface area (Å²) in [6, 6.07) is 9.99. The molecule has 0 spiro atoms. The fourth-order valence-electron chi connectivity index (χ4n) is 3.25.